The van der Waals surface area contributed by atoms with Crippen LogP contribution in [0.15, 0.2) is 121 Å². The number of benzene rings is 6. The Kier molecular flexibility index (Phi) is 10.0. The van der Waals surface area contributed by atoms with E-state index in [9.17, 15) is 13.6 Å². The second-order valence-electron chi connectivity index (χ2n) is 12.6. The van der Waals surface area contributed by atoms with Gasteiger partial charge in [-0.1, -0.05) is 82.8 Å². The summed E-state index contributed by atoms with van der Waals surface area (Å²) in [5.74, 6) is -1.00. The van der Waals surface area contributed by atoms with Gasteiger partial charge in [-0.2, -0.15) is 0 Å². The van der Waals surface area contributed by atoms with E-state index in [0.29, 0.717) is 44.2 Å². The molecule has 2 nitrogen and oxygen atoms in total. The Morgan fingerprint density at radius 2 is 1.08 bits per heavy atom. The lowest BCUT2D eigenvalue weighted by Gasteiger charge is -2.11. The predicted molar refractivity (Wildman–Crippen MR) is 221 cm³/mol. The van der Waals surface area contributed by atoms with Crippen LogP contribution in [-0.4, -0.2) is 5.91 Å². The number of amides is 1. The zero-order valence-electron chi connectivity index (χ0n) is 27.5. The van der Waals surface area contributed by atoms with Crippen molar-refractivity contribution in [3.8, 4) is 22.3 Å². The predicted octanol–water partition coefficient (Wildman–Crippen LogP) is 14.8. The van der Waals surface area contributed by atoms with Gasteiger partial charge in [-0.15, -0.1) is 22.7 Å². The fourth-order valence-corrected chi connectivity index (χ4v) is 10.1. The van der Waals surface area contributed by atoms with Crippen molar-refractivity contribution in [1.82, 2.24) is 0 Å². The van der Waals surface area contributed by atoms with E-state index in [0.717, 1.165) is 63.3 Å². The number of anilines is 1. The molecule has 2 heterocycles. The molecule has 0 aliphatic heterocycles. The average Bonchev–Trinajstić information content (AvgIpc) is 3.73. The first kappa shape index (κ1) is 35.7. The summed E-state index contributed by atoms with van der Waals surface area (Å²) in [4.78, 5) is 15.7. The topological polar surface area (TPSA) is 29.1 Å². The van der Waals surface area contributed by atoms with E-state index in [1.165, 1.54) is 24.3 Å². The van der Waals surface area contributed by atoms with Crippen LogP contribution in [-0.2, 0) is 12.8 Å². The molecule has 262 valence electrons. The molecule has 10 heteroatoms. The lowest BCUT2D eigenvalue weighted by atomic mass is 10.0. The lowest BCUT2D eigenvalue weighted by molar-refractivity contribution is 0.102. The van der Waals surface area contributed by atoms with Crippen LogP contribution in [0.1, 0.15) is 31.2 Å². The molecule has 53 heavy (non-hydrogen) atoms. The summed E-state index contributed by atoms with van der Waals surface area (Å²) in [6.07, 6.45) is 1.02. The molecule has 0 aliphatic rings. The number of fused-ring (bicyclic) bond motifs is 2. The SMILES string of the molecule is O=C(Nc1cccc(-c2ccc(Cl)c3cc(Cc4cc(F)cc(Cl)c4)sc23)c1)c1cccc(-c2ccc(Cl)c3cc(Cc4cc(F)cc(Cl)c4)sc23)c1. The number of rotatable bonds is 8. The van der Waals surface area contributed by atoms with E-state index >= 15 is 0 Å². The zero-order valence-corrected chi connectivity index (χ0v) is 32.1. The Bertz CT molecular complexity index is 2680. The third kappa shape index (κ3) is 7.72. The number of carbonyl (C=O) groups is 1. The van der Waals surface area contributed by atoms with E-state index < -0.39 is 0 Å². The molecule has 0 aliphatic carbocycles. The highest BCUT2D eigenvalue weighted by Crippen LogP contribution is 2.42. The van der Waals surface area contributed by atoms with Crippen molar-refractivity contribution in [2.75, 3.05) is 5.32 Å². The van der Waals surface area contributed by atoms with Gasteiger partial charge in [0.1, 0.15) is 11.6 Å². The van der Waals surface area contributed by atoms with E-state index in [1.54, 1.807) is 40.9 Å². The summed E-state index contributed by atoms with van der Waals surface area (Å²) >= 11 is 28.7. The maximum atomic E-state index is 14.0. The van der Waals surface area contributed by atoms with Crippen molar-refractivity contribution in [1.29, 1.82) is 0 Å². The second kappa shape index (κ2) is 14.9. The number of hydrogen-bond acceptors (Lipinski definition) is 3. The van der Waals surface area contributed by atoms with Crippen LogP contribution in [0.25, 0.3) is 42.4 Å². The molecule has 8 rings (SSSR count). The quantitative estimate of drug-likeness (QED) is 0.163. The van der Waals surface area contributed by atoms with E-state index in [2.05, 4.69) is 5.32 Å². The van der Waals surface area contributed by atoms with Crippen LogP contribution in [0, 0.1) is 11.6 Å². The summed E-state index contributed by atoms with van der Waals surface area (Å²) in [6, 6.07) is 36.0. The molecule has 0 spiro atoms. The van der Waals surface area contributed by atoms with Gasteiger partial charge in [0, 0.05) is 74.1 Å². The minimum absolute atomic E-state index is 0.252. The van der Waals surface area contributed by atoms with Crippen LogP contribution in [0.2, 0.25) is 20.1 Å². The fourth-order valence-electron chi connectivity index (χ4n) is 6.54. The molecule has 0 unspecified atom stereocenters. The Balaban J connectivity index is 1.05. The molecule has 0 saturated carbocycles. The van der Waals surface area contributed by atoms with Gasteiger partial charge in [0.15, 0.2) is 0 Å². The van der Waals surface area contributed by atoms with Crippen molar-refractivity contribution in [3.63, 3.8) is 0 Å². The van der Waals surface area contributed by atoms with E-state index in [1.807, 2.05) is 78.9 Å². The molecule has 0 fully saturated rings. The molecule has 0 radical (unpaired) electrons. The number of carbonyl (C=O) groups excluding carboxylic acids is 1. The first-order valence-electron chi connectivity index (χ1n) is 16.4. The maximum Gasteiger partial charge on any atom is 0.255 e. The Morgan fingerprint density at radius 3 is 1.60 bits per heavy atom. The minimum atomic E-state index is -0.377. The largest absolute Gasteiger partial charge is 0.322 e. The van der Waals surface area contributed by atoms with E-state index in [-0.39, 0.29) is 17.5 Å². The molecular formula is C43H25Cl4F2NOS2. The molecule has 6 aromatic carbocycles. The lowest BCUT2D eigenvalue weighted by Crippen LogP contribution is -2.11. The highest BCUT2D eigenvalue weighted by Gasteiger charge is 2.16. The van der Waals surface area contributed by atoms with Crippen LogP contribution < -0.4 is 5.32 Å². The summed E-state index contributed by atoms with van der Waals surface area (Å²) in [7, 11) is 0. The average molecular weight is 816 g/mol. The highest BCUT2D eigenvalue weighted by atomic mass is 35.5. The number of halogens is 6. The van der Waals surface area contributed by atoms with Crippen molar-refractivity contribution in [3.05, 3.63) is 179 Å². The number of hydrogen-bond donors (Lipinski definition) is 1. The monoisotopic (exact) mass is 813 g/mol. The van der Waals surface area contributed by atoms with Crippen molar-refractivity contribution in [2.24, 2.45) is 0 Å². The molecular weight excluding hydrogens is 790 g/mol. The van der Waals surface area contributed by atoms with Gasteiger partial charge in [0.25, 0.3) is 5.91 Å². The third-order valence-corrected chi connectivity index (χ3v) is 12.3. The molecule has 1 amide bonds. The van der Waals surface area contributed by atoms with Crippen LogP contribution >= 0.6 is 69.1 Å². The van der Waals surface area contributed by atoms with Crippen molar-refractivity contribution >= 4 is 101 Å². The molecule has 8 aromatic rings. The maximum absolute atomic E-state index is 14.0. The van der Waals surface area contributed by atoms with Gasteiger partial charge in [0.2, 0.25) is 0 Å². The third-order valence-electron chi connectivity index (χ3n) is 8.83. The normalized spacial score (nSPS) is 11.4. The van der Waals surface area contributed by atoms with Gasteiger partial charge in [0.05, 0.1) is 0 Å². The van der Waals surface area contributed by atoms with Gasteiger partial charge in [-0.05, 0) is 118 Å². The summed E-state index contributed by atoms with van der Waals surface area (Å²) in [5.41, 5.74) is 6.38. The number of thiophene rings is 2. The van der Waals surface area contributed by atoms with Gasteiger partial charge in [-0.3, -0.25) is 4.79 Å². The van der Waals surface area contributed by atoms with E-state index in [4.69, 9.17) is 46.4 Å². The minimum Gasteiger partial charge on any atom is -0.322 e. The van der Waals surface area contributed by atoms with Crippen LogP contribution in [0.5, 0.6) is 0 Å². The molecule has 0 atom stereocenters. The Labute approximate surface area is 332 Å². The first-order valence-corrected chi connectivity index (χ1v) is 19.5. The standard InChI is InChI=1S/C43H25Cl4F2NOS2/c44-28-11-23(13-30(48)19-28)15-33-21-37-39(46)9-7-35(41(37)52-33)25-3-1-5-27(17-25)43(51)50-32-6-2-4-26(18-32)36-8-10-40(47)38-22-34(53-42(36)38)16-24-12-29(45)20-31(49)14-24/h1-14,17-22H,15-16H2,(H,50,51). The van der Waals surface area contributed by atoms with Gasteiger partial charge >= 0.3 is 0 Å². The Morgan fingerprint density at radius 1 is 0.566 bits per heavy atom. The highest BCUT2D eigenvalue weighted by molar-refractivity contribution is 7.20. The summed E-state index contributed by atoms with van der Waals surface area (Å²) in [6.45, 7) is 0. The van der Waals surface area contributed by atoms with Crippen molar-refractivity contribution < 1.29 is 13.6 Å². The second-order valence-corrected chi connectivity index (χ2v) is 16.6. The Hall–Kier alpha value is -4.27. The summed E-state index contributed by atoms with van der Waals surface area (Å²) in [5, 5.41) is 6.82. The van der Waals surface area contributed by atoms with Crippen molar-refractivity contribution in [2.45, 2.75) is 12.8 Å². The number of nitrogens with one attached hydrogen (secondary N) is 1. The fraction of sp³-hybridized carbons (Fsp3) is 0.0465. The van der Waals surface area contributed by atoms with Crippen LogP contribution in [0.3, 0.4) is 0 Å². The first-order chi connectivity index (χ1) is 25.6. The smallest absolute Gasteiger partial charge is 0.255 e. The van der Waals surface area contributed by atoms with Gasteiger partial charge < -0.3 is 5.32 Å². The molecule has 0 bridgehead atoms. The van der Waals surface area contributed by atoms with Gasteiger partial charge in [-0.25, -0.2) is 8.78 Å². The summed E-state index contributed by atoms with van der Waals surface area (Å²) < 4.78 is 30.0. The molecule has 1 N–H and O–H groups in total. The van der Waals surface area contributed by atoms with Crippen LogP contribution in [0.4, 0.5) is 14.5 Å². The molecule has 0 saturated heterocycles. The zero-order chi connectivity index (χ0) is 36.8. The molecule has 2 aromatic heterocycles.